The van der Waals surface area contributed by atoms with Crippen molar-refractivity contribution >= 4 is 12.4 Å². The Hall–Kier alpha value is -2.70. The number of hydrogen-bond acceptors (Lipinski definition) is 6. The van der Waals surface area contributed by atoms with Gasteiger partial charge in [-0.05, 0) is 173 Å². The smallest absolute Gasteiger partial charge is 0.124 e. The molecule has 2 aliphatic heterocycles. The summed E-state index contributed by atoms with van der Waals surface area (Å²) in [4.78, 5) is 15.4. The Morgan fingerprint density at radius 2 is 1.04 bits per heavy atom. The zero-order valence-corrected chi connectivity index (χ0v) is 33.0. The van der Waals surface area contributed by atoms with E-state index in [1.807, 2.05) is 12.4 Å². The van der Waals surface area contributed by atoms with Crippen LogP contribution in [-0.4, -0.2) is 83.8 Å². The number of phenolic OH excluding ortho intramolecular Hbond substituents is 2. The van der Waals surface area contributed by atoms with Gasteiger partial charge in [0.1, 0.15) is 11.5 Å². The van der Waals surface area contributed by atoms with Gasteiger partial charge in [-0.1, -0.05) is 38.5 Å². The number of aliphatic imine (C=N–C) groups is 2. The molecule has 0 spiro atoms. The molecule has 6 fully saturated rings. The van der Waals surface area contributed by atoms with E-state index in [9.17, 15) is 10.2 Å². The van der Waals surface area contributed by atoms with Gasteiger partial charge in [0.25, 0.3) is 0 Å². The van der Waals surface area contributed by atoms with E-state index in [-0.39, 0.29) is 10.8 Å². The lowest BCUT2D eigenvalue weighted by molar-refractivity contribution is -0.0240. The summed E-state index contributed by atoms with van der Waals surface area (Å²) in [6.45, 7) is 6.56. The van der Waals surface area contributed by atoms with Gasteiger partial charge in [0.15, 0.2) is 0 Å². The number of rotatable bonds is 11. The second kappa shape index (κ2) is 14.7. The van der Waals surface area contributed by atoms with Gasteiger partial charge in [0.2, 0.25) is 0 Å². The highest BCUT2D eigenvalue weighted by Crippen LogP contribution is 2.58. The molecule has 8 aliphatic rings. The Balaban J connectivity index is 0.764. The van der Waals surface area contributed by atoms with Gasteiger partial charge in [0.05, 0.1) is 0 Å². The molecule has 10 rings (SSSR count). The van der Waals surface area contributed by atoms with E-state index < -0.39 is 0 Å². The van der Waals surface area contributed by atoms with Crippen molar-refractivity contribution in [1.82, 2.24) is 9.80 Å². The van der Waals surface area contributed by atoms with E-state index >= 15 is 0 Å². The molecule has 290 valence electrons. The fraction of sp³-hybridized carbons (Fsp3) is 0.708. The largest absolute Gasteiger partial charge is 0.507 e. The minimum absolute atomic E-state index is 0.268. The third-order valence-electron chi connectivity index (χ3n) is 16.9. The molecular weight excluding hydrogens is 665 g/mol. The average Bonchev–Trinajstić information content (AvgIpc) is 3.14. The van der Waals surface area contributed by atoms with Gasteiger partial charge < -0.3 is 10.2 Å². The molecule has 4 bridgehead atoms. The zero-order valence-electron chi connectivity index (χ0n) is 33.0. The van der Waals surface area contributed by atoms with Crippen molar-refractivity contribution in [2.45, 2.75) is 151 Å². The maximum atomic E-state index is 11.3. The monoisotopic (exact) mass is 731 g/mol. The molecule has 6 heteroatoms. The van der Waals surface area contributed by atoms with Crippen LogP contribution in [0.5, 0.6) is 11.5 Å². The lowest BCUT2D eigenvalue weighted by Gasteiger charge is -2.59. The van der Waals surface area contributed by atoms with E-state index in [1.165, 1.54) is 151 Å². The topological polar surface area (TPSA) is 71.7 Å². The van der Waals surface area contributed by atoms with Crippen LogP contribution in [0, 0.1) is 23.7 Å². The van der Waals surface area contributed by atoms with Gasteiger partial charge >= 0.3 is 0 Å². The molecule has 2 heterocycles. The Bertz CT molecular complexity index is 1630. The fourth-order valence-corrected chi connectivity index (χ4v) is 13.7. The Kier molecular flexibility index (Phi) is 9.69. The number of piperidine rings is 2. The number of unbranched alkanes of at least 4 members (excludes halogenated alkanes) is 1. The number of likely N-dealkylation sites (tertiary alicyclic amines) is 2. The normalized spacial score (nSPS) is 33.9. The lowest BCUT2D eigenvalue weighted by atomic mass is 9.52. The highest BCUT2D eigenvalue weighted by molar-refractivity contribution is 5.85. The minimum atomic E-state index is 0.268. The molecule has 0 aromatic heterocycles. The molecule has 2 aromatic rings. The molecule has 6 aliphatic carbocycles. The quantitative estimate of drug-likeness (QED) is 0.179. The molecule has 2 saturated heterocycles. The standard InChI is InChI=1S/C48H66N4O2/c53-45-27-41-35(25-43-39-13-1-3-15-47(39,41)17-21-51(43)31-33-9-7-10-33)23-37(45)29-49-19-5-6-20-50-30-38-24-36-26-44-40-14-2-4-16-48(40,42(36)28-46(38)54)18-22-52(44)32-34-11-8-12-34/h23-24,27-30,33-34,39-40,43-44,53-54H,1-22,25-26,31-32H2/t39-,40-,43+,44+,47+,48+/m0/s1. The molecule has 2 aromatic carbocycles. The van der Waals surface area contributed by atoms with E-state index in [4.69, 9.17) is 9.98 Å². The van der Waals surface area contributed by atoms with Crippen LogP contribution in [0.4, 0.5) is 0 Å². The first-order chi connectivity index (χ1) is 26.5. The third-order valence-corrected chi connectivity index (χ3v) is 16.9. The maximum absolute atomic E-state index is 11.3. The Morgan fingerprint density at radius 1 is 0.574 bits per heavy atom. The number of hydrogen-bond donors (Lipinski definition) is 2. The Labute approximate surface area is 324 Å². The SMILES string of the molecule is Oc1cc2c(cc1C=NCCCCN=Cc1cc3c(cc1O)[C@@]14CCCC[C@H]1[C@@H](C3)N(CC1CCC1)CC4)C[C@@H]1[C@@H]3CCCC[C@]23CCN1CC1CCC1. The van der Waals surface area contributed by atoms with Crippen molar-refractivity contribution in [1.29, 1.82) is 0 Å². The molecule has 0 unspecified atom stereocenters. The first-order valence-electron chi connectivity index (χ1n) is 22.7. The molecule has 54 heavy (non-hydrogen) atoms. The van der Waals surface area contributed by atoms with Crippen molar-refractivity contribution in [2.24, 2.45) is 33.7 Å². The van der Waals surface area contributed by atoms with Crippen LogP contribution in [0.2, 0.25) is 0 Å². The molecule has 0 radical (unpaired) electrons. The van der Waals surface area contributed by atoms with Gasteiger partial charge in [-0.2, -0.15) is 0 Å². The molecule has 6 atom stereocenters. The second-order valence-corrected chi connectivity index (χ2v) is 19.6. The van der Waals surface area contributed by atoms with Crippen LogP contribution in [0.15, 0.2) is 34.3 Å². The van der Waals surface area contributed by atoms with Crippen LogP contribution in [0.25, 0.3) is 0 Å². The van der Waals surface area contributed by atoms with Crippen LogP contribution < -0.4 is 0 Å². The number of fused-ring (bicyclic) bond motifs is 2. The molecule has 2 N–H and O–H groups in total. The lowest BCUT2D eigenvalue weighted by Crippen LogP contribution is -2.61. The summed E-state index contributed by atoms with van der Waals surface area (Å²) in [5.74, 6) is 4.16. The van der Waals surface area contributed by atoms with Crippen LogP contribution in [0.3, 0.4) is 0 Å². The highest BCUT2D eigenvalue weighted by atomic mass is 16.3. The van der Waals surface area contributed by atoms with Crippen molar-refractivity contribution in [3.05, 3.63) is 57.6 Å². The van der Waals surface area contributed by atoms with Crippen LogP contribution in [-0.2, 0) is 23.7 Å². The van der Waals surface area contributed by atoms with Gasteiger partial charge in [-0.15, -0.1) is 0 Å². The first kappa shape index (κ1) is 35.7. The number of nitrogens with zero attached hydrogens (tertiary/aromatic N) is 4. The fourth-order valence-electron chi connectivity index (χ4n) is 13.7. The van der Waals surface area contributed by atoms with Crippen molar-refractivity contribution in [3.63, 3.8) is 0 Å². The van der Waals surface area contributed by atoms with E-state index in [0.717, 1.165) is 73.6 Å². The number of benzene rings is 2. The predicted octanol–water partition coefficient (Wildman–Crippen LogP) is 9.13. The van der Waals surface area contributed by atoms with Crippen molar-refractivity contribution in [2.75, 3.05) is 39.3 Å². The summed E-state index contributed by atoms with van der Waals surface area (Å²) in [5, 5.41) is 22.5. The zero-order chi connectivity index (χ0) is 36.3. The van der Waals surface area contributed by atoms with Crippen molar-refractivity contribution < 1.29 is 10.2 Å². The summed E-state index contributed by atoms with van der Waals surface area (Å²) >= 11 is 0. The predicted molar refractivity (Wildman–Crippen MR) is 220 cm³/mol. The van der Waals surface area contributed by atoms with E-state index in [2.05, 4.69) is 34.1 Å². The first-order valence-corrected chi connectivity index (χ1v) is 22.7. The summed E-state index contributed by atoms with van der Waals surface area (Å²) in [6, 6.07) is 10.2. The second-order valence-electron chi connectivity index (χ2n) is 19.6. The third kappa shape index (κ3) is 6.19. The Morgan fingerprint density at radius 3 is 1.46 bits per heavy atom. The number of phenols is 2. The summed E-state index contributed by atoms with van der Waals surface area (Å²) in [7, 11) is 0. The summed E-state index contributed by atoms with van der Waals surface area (Å²) < 4.78 is 0. The van der Waals surface area contributed by atoms with Crippen LogP contribution in [0.1, 0.15) is 149 Å². The average molecular weight is 731 g/mol. The summed E-state index contributed by atoms with van der Waals surface area (Å²) in [6.07, 6.45) is 29.8. The van der Waals surface area contributed by atoms with E-state index in [1.54, 1.807) is 0 Å². The molecule has 6 nitrogen and oxygen atoms in total. The van der Waals surface area contributed by atoms with E-state index in [0.29, 0.717) is 23.6 Å². The summed E-state index contributed by atoms with van der Waals surface area (Å²) in [5.41, 5.74) is 8.20. The number of aromatic hydroxyl groups is 2. The highest BCUT2D eigenvalue weighted by Gasteiger charge is 2.55. The van der Waals surface area contributed by atoms with Gasteiger partial charge in [-0.3, -0.25) is 19.8 Å². The van der Waals surface area contributed by atoms with Gasteiger partial charge in [-0.25, -0.2) is 0 Å². The minimum Gasteiger partial charge on any atom is -0.507 e. The molecule has 4 saturated carbocycles. The van der Waals surface area contributed by atoms with Crippen molar-refractivity contribution in [3.8, 4) is 11.5 Å². The maximum Gasteiger partial charge on any atom is 0.124 e. The molecular formula is C48H66N4O2. The van der Waals surface area contributed by atoms with Crippen LogP contribution >= 0.6 is 0 Å². The molecule has 0 amide bonds. The van der Waals surface area contributed by atoms with Gasteiger partial charge in [0, 0.05) is 72.6 Å².